The molecule has 0 amide bonds. The first-order valence-corrected chi connectivity index (χ1v) is 13.9. The molecule has 0 spiro atoms. The molecule has 1 heterocycles. The van der Waals surface area contributed by atoms with E-state index in [4.69, 9.17) is 11.1 Å². The van der Waals surface area contributed by atoms with Crippen LogP contribution in [0.15, 0.2) is 146 Å². The van der Waals surface area contributed by atoms with Gasteiger partial charge in [0.05, 0.1) is 16.4 Å². The molecule has 0 atom stereocenters. The van der Waals surface area contributed by atoms with Crippen LogP contribution in [0.5, 0.6) is 0 Å². The third kappa shape index (κ3) is 3.17. The van der Waals surface area contributed by atoms with E-state index in [2.05, 4.69) is 132 Å². The zero-order valence-electron chi connectivity index (χ0n) is 22.4. The van der Waals surface area contributed by atoms with Crippen molar-refractivity contribution < 1.29 is 0 Å². The first-order valence-electron chi connectivity index (χ1n) is 13.9. The Morgan fingerprint density at radius 1 is 0.585 bits per heavy atom. The quantitative estimate of drug-likeness (QED) is 0.176. The summed E-state index contributed by atoms with van der Waals surface area (Å²) in [6.45, 7) is 0. The van der Waals surface area contributed by atoms with Crippen molar-refractivity contribution in [1.82, 2.24) is 4.57 Å². The Morgan fingerprint density at radius 3 is 1.98 bits per heavy atom. The fourth-order valence-corrected chi connectivity index (χ4v) is 7.08. The van der Waals surface area contributed by atoms with E-state index in [1.807, 2.05) is 18.2 Å². The van der Waals surface area contributed by atoms with Gasteiger partial charge in [0.2, 0.25) is 0 Å². The van der Waals surface area contributed by atoms with Gasteiger partial charge in [-0.2, -0.15) is 0 Å². The van der Waals surface area contributed by atoms with Crippen molar-refractivity contribution in [1.29, 1.82) is 5.41 Å². The van der Waals surface area contributed by atoms with Crippen LogP contribution in [-0.2, 0) is 5.41 Å². The van der Waals surface area contributed by atoms with Crippen molar-refractivity contribution in [3.63, 3.8) is 0 Å². The van der Waals surface area contributed by atoms with Crippen molar-refractivity contribution in [2.24, 2.45) is 5.73 Å². The average Bonchev–Trinajstić information content (AvgIpc) is 3.53. The lowest BCUT2D eigenvalue weighted by Gasteiger charge is -2.33. The van der Waals surface area contributed by atoms with Gasteiger partial charge in [-0.1, -0.05) is 121 Å². The van der Waals surface area contributed by atoms with E-state index >= 15 is 0 Å². The first-order chi connectivity index (χ1) is 20.2. The lowest BCUT2D eigenvalue weighted by atomic mass is 9.67. The summed E-state index contributed by atoms with van der Waals surface area (Å²) in [6, 6.07) is 52.0. The van der Waals surface area contributed by atoms with E-state index in [1.165, 1.54) is 44.2 Å². The molecule has 0 aliphatic heterocycles. The number of benzene rings is 6. The number of hydrogen-bond donors (Lipinski definition) is 2. The fraction of sp³-hybridized carbons (Fsp3) is 0.0263. The third-order valence-electron chi connectivity index (χ3n) is 8.67. The number of amidine groups is 1. The SMILES string of the molecule is N=C(N)c1cccc(-n2c3ccccc3c3c4c(ccc32)C(c2ccccc2)(c2ccccc2)c2ccccc2-4)c1. The van der Waals surface area contributed by atoms with Gasteiger partial charge in [-0.05, 0) is 57.6 Å². The number of rotatable bonds is 4. The molecule has 6 aromatic carbocycles. The van der Waals surface area contributed by atoms with Crippen molar-refractivity contribution in [2.45, 2.75) is 5.41 Å². The maximum Gasteiger partial charge on any atom is 0.122 e. The molecule has 3 nitrogen and oxygen atoms in total. The molecule has 1 aliphatic carbocycles. The topological polar surface area (TPSA) is 54.8 Å². The van der Waals surface area contributed by atoms with Gasteiger partial charge in [0.1, 0.15) is 5.84 Å². The van der Waals surface area contributed by atoms with Gasteiger partial charge in [-0.25, -0.2) is 0 Å². The number of aromatic nitrogens is 1. The second-order valence-electron chi connectivity index (χ2n) is 10.7. The highest BCUT2D eigenvalue weighted by Gasteiger charge is 2.46. The van der Waals surface area contributed by atoms with Crippen LogP contribution in [0.4, 0.5) is 0 Å². The van der Waals surface area contributed by atoms with Crippen LogP contribution < -0.4 is 5.73 Å². The number of para-hydroxylation sites is 1. The molecule has 0 saturated heterocycles. The van der Waals surface area contributed by atoms with E-state index in [9.17, 15) is 0 Å². The molecular weight excluding hydrogens is 498 g/mol. The Morgan fingerprint density at radius 2 is 1.24 bits per heavy atom. The molecule has 0 unspecified atom stereocenters. The maximum atomic E-state index is 8.04. The fourth-order valence-electron chi connectivity index (χ4n) is 7.08. The summed E-state index contributed by atoms with van der Waals surface area (Å²) < 4.78 is 2.31. The molecule has 7 aromatic rings. The third-order valence-corrected chi connectivity index (χ3v) is 8.67. The van der Waals surface area contributed by atoms with Crippen LogP contribution in [0.3, 0.4) is 0 Å². The Hall–Kier alpha value is -5.41. The molecule has 1 aliphatic rings. The van der Waals surface area contributed by atoms with Gasteiger partial charge in [0, 0.05) is 22.0 Å². The summed E-state index contributed by atoms with van der Waals surface area (Å²) in [5.41, 5.74) is 17.1. The van der Waals surface area contributed by atoms with Crippen LogP contribution in [0, 0.1) is 5.41 Å². The minimum absolute atomic E-state index is 0.0675. The van der Waals surface area contributed by atoms with Gasteiger partial charge in [-0.3, -0.25) is 5.41 Å². The normalized spacial score (nSPS) is 13.3. The number of fused-ring (bicyclic) bond motifs is 7. The van der Waals surface area contributed by atoms with Crippen molar-refractivity contribution in [3.05, 3.63) is 173 Å². The van der Waals surface area contributed by atoms with Crippen molar-refractivity contribution >= 4 is 27.6 Å². The Balaban J connectivity index is 1.56. The van der Waals surface area contributed by atoms with Crippen LogP contribution in [0.25, 0.3) is 38.6 Å². The van der Waals surface area contributed by atoms with E-state index < -0.39 is 5.41 Å². The van der Waals surface area contributed by atoms with E-state index in [0.29, 0.717) is 5.56 Å². The van der Waals surface area contributed by atoms with Crippen molar-refractivity contribution in [3.8, 4) is 16.8 Å². The van der Waals surface area contributed by atoms with Crippen LogP contribution >= 0.6 is 0 Å². The summed E-state index contributed by atoms with van der Waals surface area (Å²) in [7, 11) is 0. The summed E-state index contributed by atoms with van der Waals surface area (Å²) in [5.74, 6) is 0.0675. The summed E-state index contributed by atoms with van der Waals surface area (Å²) in [5, 5.41) is 10.5. The molecule has 3 N–H and O–H groups in total. The lowest BCUT2D eigenvalue weighted by Crippen LogP contribution is -2.28. The smallest absolute Gasteiger partial charge is 0.122 e. The summed E-state index contributed by atoms with van der Waals surface area (Å²) in [6.07, 6.45) is 0. The molecule has 0 saturated carbocycles. The Labute approximate surface area is 238 Å². The van der Waals surface area contributed by atoms with Crippen LogP contribution in [0.1, 0.15) is 27.8 Å². The van der Waals surface area contributed by atoms with Gasteiger partial charge in [0.15, 0.2) is 0 Å². The summed E-state index contributed by atoms with van der Waals surface area (Å²) in [4.78, 5) is 0. The van der Waals surface area contributed by atoms with Gasteiger partial charge >= 0.3 is 0 Å². The Bertz CT molecular complexity index is 2080. The largest absolute Gasteiger partial charge is 0.384 e. The monoisotopic (exact) mass is 525 g/mol. The second-order valence-corrected chi connectivity index (χ2v) is 10.7. The minimum atomic E-state index is -0.444. The molecule has 1 aromatic heterocycles. The average molecular weight is 526 g/mol. The first kappa shape index (κ1) is 23.5. The van der Waals surface area contributed by atoms with E-state index in [-0.39, 0.29) is 5.84 Å². The molecule has 0 fully saturated rings. The highest BCUT2D eigenvalue weighted by Crippen LogP contribution is 2.58. The van der Waals surface area contributed by atoms with Crippen LogP contribution in [-0.4, -0.2) is 10.4 Å². The van der Waals surface area contributed by atoms with Gasteiger partial charge < -0.3 is 10.3 Å². The van der Waals surface area contributed by atoms with Crippen molar-refractivity contribution in [2.75, 3.05) is 0 Å². The predicted molar refractivity (Wildman–Crippen MR) is 169 cm³/mol. The number of nitrogen functional groups attached to an aromatic ring is 1. The molecule has 3 heteroatoms. The molecule has 41 heavy (non-hydrogen) atoms. The maximum absolute atomic E-state index is 8.04. The van der Waals surface area contributed by atoms with Gasteiger partial charge in [0.25, 0.3) is 0 Å². The molecular formula is C38H27N3. The molecule has 194 valence electrons. The highest BCUT2D eigenvalue weighted by atomic mass is 15.0. The van der Waals surface area contributed by atoms with Gasteiger partial charge in [-0.15, -0.1) is 0 Å². The van der Waals surface area contributed by atoms with Crippen LogP contribution in [0.2, 0.25) is 0 Å². The number of hydrogen-bond acceptors (Lipinski definition) is 1. The zero-order valence-corrected chi connectivity index (χ0v) is 22.4. The van der Waals surface area contributed by atoms with E-state index in [0.717, 1.165) is 16.7 Å². The molecule has 8 rings (SSSR count). The summed E-state index contributed by atoms with van der Waals surface area (Å²) >= 11 is 0. The zero-order chi connectivity index (χ0) is 27.6. The predicted octanol–water partition coefficient (Wildman–Crippen LogP) is 8.43. The number of nitrogens with zero attached hydrogens (tertiary/aromatic N) is 1. The minimum Gasteiger partial charge on any atom is -0.384 e. The van der Waals surface area contributed by atoms with E-state index in [1.54, 1.807) is 0 Å². The number of nitrogens with one attached hydrogen (secondary N) is 1. The highest BCUT2D eigenvalue weighted by molar-refractivity contribution is 6.18. The Kier molecular flexibility index (Phi) is 5.04. The second kappa shape index (κ2) is 8.80. The molecule has 0 radical (unpaired) electrons. The standard InChI is InChI=1S/C38H27N3/c39-37(40)25-12-11-17-28(24-25)41-33-21-10-8-19-30(33)36-34(41)23-22-32-35(36)29-18-7-9-20-31(29)38(32,26-13-3-1-4-14-26)27-15-5-2-6-16-27/h1-24H,(H3,39,40). The molecule has 0 bridgehead atoms. The lowest BCUT2D eigenvalue weighted by molar-refractivity contribution is 0.769. The number of nitrogens with two attached hydrogens (primary N) is 1.